The highest BCUT2D eigenvalue weighted by molar-refractivity contribution is 7.92. The van der Waals surface area contributed by atoms with E-state index in [0.29, 0.717) is 39.1 Å². The van der Waals surface area contributed by atoms with E-state index in [2.05, 4.69) is 10.6 Å². The van der Waals surface area contributed by atoms with Gasteiger partial charge in [-0.15, -0.1) is 0 Å². The molecule has 112 valence electrons. The number of sulfone groups is 1. The molecule has 0 aliphatic heterocycles. The second-order valence-corrected chi connectivity index (χ2v) is 7.30. The van der Waals surface area contributed by atoms with Crippen LogP contribution in [-0.2, 0) is 19.4 Å². The summed E-state index contributed by atoms with van der Waals surface area (Å²) < 4.78 is 27.4. The van der Waals surface area contributed by atoms with E-state index in [0.717, 1.165) is 19.1 Å². The van der Waals surface area contributed by atoms with E-state index in [9.17, 15) is 13.2 Å². The predicted molar refractivity (Wildman–Crippen MR) is 73.8 cm³/mol. The molecule has 0 saturated heterocycles. The topological polar surface area (TPSA) is 84.5 Å². The second-order valence-electron chi connectivity index (χ2n) is 4.97. The Hall–Kier alpha value is -0.660. The van der Waals surface area contributed by atoms with E-state index in [1.807, 2.05) is 0 Å². The average molecular weight is 292 g/mol. The number of amides is 1. The van der Waals surface area contributed by atoms with Crippen LogP contribution in [0.3, 0.4) is 0 Å². The summed E-state index contributed by atoms with van der Waals surface area (Å²) in [5, 5.41) is 5.82. The van der Waals surface area contributed by atoms with E-state index < -0.39 is 14.6 Å². The Morgan fingerprint density at radius 3 is 2.37 bits per heavy atom. The van der Waals surface area contributed by atoms with Crippen LogP contribution in [0.25, 0.3) is 0 Å². The van der Waals surface area contributed by atoms with Crippen molar-refractivity contribution in [2.24, 2.45) is 0 Å². The molecule has 0 unspecified atom stereocenters. The molecule has 6 nitrogen and oxygen atoms in total. The van der Waals surface area contributed by atoms with Crippen molar-refractivity contribution in [3.8, 4) is 0 Å². The molecular weight excluding hydrogens is 268 g/mol. The molecule has 1 amide bonds. The summed E-state index contributed by atoms with van der Waals surface area (Å²) in [5.74, 6) is -0.346. The molecule has 2 N–H and O–H groups in total. The molecule has 0 heterocycles. The maximum Gasteiger partial charge on any atom is 0.241 e. The van der Waals surface area contributed by atoms with Crippen molar-refractivity contribution < 1.29 is 17.9 Å². The number of methoxy groups -OCH3 is 1. The summed E-state index contributed by atoms with van der Waals surface area (Å²) >= 11 is 0. The summed E-state index contributed by atoms with van der Waals surface area (Å²) in [5.41, 5.74) is 0. The minimum Gasteiger partial charge on any atom is -0.383 e. The number of rotatable bonds is 8. The van der Waals surface area contributed by atoms with Crippen LogP contribution < -0.4 is 10.6 Å². The van der Waals surface area contributed by atoms with Gasteiger partial charge in [-0.25, -0.2) is 8.42 Å². The Balaban J connectivity index is 2.43. The van der Waals surface area contributed by atoms with Gasteiger partial charge in [0, 0.05) is 33.0 Å². The van der Waals surface area contributed by atoms with Gasteiger partial charge in [-0.2, -0.15) is 0 Å². The minimum absolute atomic E-state index is 0.346. The number of hydrogen-bond donors (Lipinski definition) is 2. The zero-order valence-electron chi connectivity index (χ0n) is 11.7. The van der Waals surface area contributed by atoms with Crippen molar-refractivity contribution in [1.29, 1.82) is 0 Å². The molecule has 19 heavy (non-hydrogen) atoms. The van der Waals surface area contributed by atoms with Crippen LogP contribution in [0.15, 0.2) is 0 Å². The van der Waals surface area contributed by atoms with Gasteiger partial charge in [0.15, 0.2) is 9.84 Å². The van der Waals surface area contributed by atoms with Crippen molar-refractivity contribution >= 4 is 15.7 Å². The highest BCUT2D eigenvalue weighted by Gasteiger charge is 2.49. The van der Waals surface area contributed by atoms with Crippen LogP contribution in [0.1, 0.15) is 25.7 Å². The van der Waals surface area contributed by atoms with Crippen LogP contribution >= 0.6 is 0 Å². The molecule has 1 rings (SSSR count). The molecule has 0 aromatic heterocycles. The fraction of sp³-hybridized carbons (Fsp3) is 0.917. The van der Waals surface area contributed by atoms with Crippen LogP contribution in [0.2, 0.25) is 0 Å². The number of nitrogens with one attached hydrogen (secondary N) is 2. The highest BCUT2D eigenvalue weighted by Crippen LogP contribution is 2.36. The maximum absolute atomic E-state index is 12.2. The van der Waals surface area contributed by atoms with E-state index in [4.69, 9.17) is 4.74 Å². The van der Waals surface area contributed by atoms with Crippen molar-refractivity contribution in [2.45, 2.75) is 30.4 Å². The number of carbonyl (C=O) groups is 1. The number of carbonyl (C=O) groups excluding carboxylic acids is 1. The maximum atomic E-state index is 12.2. The number of hydrogen-bond acceptors (Lipinski definition) is 5. The van der Waals surface area contributed by atoms with Crippen molar-refractivity contribution in [3.63, 3.8) is 0 Å². The normalized spacial score (nSPS) is 18.4. The van der Waals surface area contributed by atoms with Gasteiger partial charge in [0.1, 0.15) is 4.75 Å². The first-order chi connectivity index (χ1) is 8.94. The molecule has 0 atom stereocenters. The largest absolute Gasteiger partial charge is 0.383 e. The van der Waals surface area contributed by atoms with Gasteiger partial charge >= 0.3 is 0 Å². The first-order valence-electron chi connectivity index (χ1n) is 6.61. The van der Waals surface area contributed by atoms with Gasteiger partial charge < -0.3 is 15.4 Å². The molecule has 7 heteroatoms. The fourth-order valence-electron chi connectivity index (χ4n) is 2.44. The van der Waals surface area contributed by atoms with Gasteiger partial charge in [-0.05, 0) is 12.8 Å². The summed E-state index contributed by atoms with van der Waals surface area (Å²) in [4.78, 5) is 12.2. The third-order valence-electron chi connectivity index (χ3n) is 3.61. The van der Waals surface area contributed by atoms with Gasteiger partial charge in [0.05, 0.1) is 6.61 Å². The average Bonchev–Trinajstić information content (AvgIpc) is 2.83. The number of ether oxygens (including phenoxy) is 1. The van der Waals surface area contributed by atoms with Gasteiger partial charge in [-0.3, -0.25) is 4.79 Å². The molecule has 0 radical (unpaired) electrons. The molecular formula is C12H24N2O4S. The molecule has 0 spiro atoms. The zero-order chi connectivity index (χ0) is 14.4. The monoisotopic (exact) mass is 292 g/mol. The third kappa shape index (κ3) is 4.15. The zero-order valence-corrected chi connectivity index (χ0v) is 12.5. The lowest BCUT2D eigenvalue weighted by Crippen LogP contribution is -2.51. The second kappa shape index (κ2) is 7.21. The highest BCUT2D eigenvalue weighted by atomic mass is 32.2. The predicted octanol–water partition coefficient (Wildman–Crippen LogP) is -0.304. The Morgan fingerprint density at radius 2 is 1.84 bits per heavy atom. The first-order valence-corrected chi connectivity index (χ1v) is 8.51. The Morgan fingerprint density at radius 1 is 1.21 bits per heavy atom. The standard InChI is InChI=1S/C12H24N2O4S/c1-18-10-9-13-7-8-14-11(15)12(19(2,16)17)5-3-4-6-12/h13H,3-10H2,1-2H3,(H,14,15). The van der Waals surface area contributed by atoms with E-state index in [1.165, 1.54) is 0 Å². The van der Waals surface area contributed by atoms with Gasteiger partial charge in [0.2, 0.25) is 5.91 Å². The lowest BCUT2D eigenvalue weighted by Gasteiger charge is -2.25. The summed E-state index contributed by atoms with van der Waals surface area (Å²) in [6.45, 7) is 2.36. The Bertz CT molecular complexity index is 389. The molecule has 1 fully saturated rings. The minimum atomic E-state index is -3.37. The molecule has 0 aromatic rings. The van der Waals surface area contributed by atoms with Crippen molar-refractivity contribution in [3.05, 3.63) is 0 Å². The van der Waals surface area contributed by atoms with E-state index in [-0.39, 0.29) is 5.91 Å². The molecule has 1 aliphatic carbocycles. The van der Waals surface area contributed by atoms with Crippen molar-refractivity contribution in [2.75, 3.05) is 39.6 Å². The van der Waals surface area contributed by atoms with Crippen LogP contribution in [0.4, 0.5) is 0 Å². The lowest BCUT2D eigenvalue weighted by atomic mass is 10.1. The van der Waals surface area contributed by atoms with Crippen molar-refractivity contribution in [1.82, 2.24) is 10.6 Å². The van der Waals surface area contributed by atoms with Gasteiger partial charge in [-0.1, -0.05) is 12.8 Å². The van der Waals surface area contributed by atoms with E-state index in [1.54, 1.807) is 7.11 Å². The Labute approximate surface area is 115 Å². The quantitative estimate of drug-likeness (QED) is 0.600. The van der Waals surface area contributed by atoms with Gasteiger partial charge in [0.25, 0.3) is 0 Å². The third-order valence-corrected chi connectivity index (χ3v) is 5.62. The Kier molecular flexibility index (Phi) is 6.22. The fourth-order valence-corrected chi connectivity index (χ4v) is 3.88. The summed E-state index contributed by atoms with van der Waals surface area (Å²) in [6.07, 6.45) is 3.64. The van der Waals surface area contributed by atoms with Crippen LogP contribution in [0, 0.1) is 0 Å². The summed E-state index contributed by atoms with van der Waals surface area (Å²) in [6, 6.07) is 0. The molecule has 1 aliphatic rings. The first kappa shape index (κ1) is 16.4. The van der Waals surface area contributed by atoms with Crippen LogP contribution in [0.5, 0.6) is 0 Å². The SMILES string of the molecule is COCCNCCNC(=O)C1(S(C)(=O)=O)CCCC1. The molecule has 1 saturated carbocycles. The smallest absolute Gasteiger partial charge is 0.241 e. The molecule has 0 aromatic carbocycles. The van der Waals surface area contributed by atoms with Crippen LogP contribution in [-0.4, -0.2) is 58.7 Å². The summed E-state index contributed by atoms with van der Waals surface area (Å²) in [7, 11) is -1.74. The molecule has 0 bridgehead atoms. The van der Waals surface area contributed by atoms with E-state index >= 15 is 0 Å². The lowest BCUT2D eigenvalue weighted by molar-refractivity contribution is -0.123.